The molecule has 3 amide bonds. The Labute approximate surface area is 337 Å². The summed E-state index contributed by atoms with van der Waals surface area (Å²) >= 11 is 11.7. The normalized spacial score (nSPS) is 13.3. The first-order valence-corrected chi connectivity index (χ1v) is 18.1. The summed E-state index contributed by atoms with van der Waals surface area (Å²) in [6.07, 6.45) is -3.27. The molecule has 1 fully saturated rings. The van der Waals surface area contributed by atoms with Crippen molar-refractivity contribution in [2.24, 2.45) is 0 Å². The molecule has 58 heavy (non-hydrogen) atoms. The number of nitrogens with one attached hydrogen (secondary N) is 5. The average Bonchev–Trinajstić information content (AvgIpc) is 3.98. The lowest BCUT2D eigenvalue weighted by atomic mass is 10.0. The summed E-state index contributed by atoms with van der Waals surface area (Å²) in [6, 6.07) is 25.1. The molecule has 298 valence electrons. The van der Waals surface area contributed by atoms with Crippen molar-refractivity contribution in [3.8, 4) is 6.01 Å². The van der Waals surface area contributed by atoms with Gasteiger partial charge in [-0.05, 0) is 78.5 Å². The molecule has 1 aliphatic rings. The zero-order valence-electron chi connectivity index (χ0n) is 29.9. The maximum Gasteiger partial charge on any atom is 0.422 e. The van der Waals surface area contributed by atoms with Gasteiger partial charge in [0, 0.05) is 39.6 Å². The molecule has 19 heteroatoms. The Morgan fingerprint density at radius 2 is 1.43 bits per heavy atom. The highest BCUT2D eigenvalue weighted by Gasteiger charge is 2.45. The van der Waals surface area contributed by atoms with Crippen molar-refractivity contribution in [1.82, 2.24) is 25.6 Å². The van der Waals surface area contributed by atoms with Crippen LogP contribution in [-0.4, -0.2) is 69.1 Å². The van der Waals surface area contributed by atoms with Gasteiger partial charge in [0.25, 0.3) is 5.91 Å². The zero-order valence-corrected chi connectivity index (χ0v) is 31.4. The molecular weight excluding hydrogens is 804 g/mol. The number of halogens is 5. The van der Waals surface area contributed by atoms with E-state index < -0.39 is 59.9 Å². The van der Waals surface area contributed by atoms with Gasteiger partial charge in [-0.25, -0.2) is 0 Å². The van der Waals surface area contributed by atoms with E-state index in [1.165, 1.54) is 42.5 Å². The summed E-state index contributed by atoms with van der Waals surface area (Å²) in [6.45, 7) is -2.18. The van der Waals surface area contributed by atoms with Crippen LogP contribution >= 0.6 is 23.2 Å². The third kappa shape index (κ3) is 11.0. The molecule has 5 N–H and O–H groups in total. The molecule has 6 rings (SSSR count). The van der Waals surface area contributed by atoms with Gasteiger partial charge in [0.1, 0.15) is 6.04 Å². The third-order valence-electron chi connectivity index (χ3n) is 8.55. The molecule has 1 atom stereocenters. The fourth-order valence-electron chi connectivity index (χ4n) is 5.49. The van der Waals surface area contributed by atoms with E-state index in [1.54, 1.807) is 48.5 Å². The molecule has 0 bridgehead atoms. The van der Waals surface area contributed by atoms with Gasteiger partial charge < -0.3 is 31.3 Å². The number of ether oxygens (including phenoxy) is 1. The lowest BCUT2D eigenvalue weighted by Gasteiger charge is -2.19. The minimum atomic E-state index is -4.65. The smallest absolute Gasteiger partial charge is 0.422 e. The van der Waals surface area contributed by atoms with Crippen LogP contribution in [0, 0.1) is 0 Å². The highest BCUT2D eigenvalue weighted by molar-refractivity contribution is 6.65. The van der Waals surface area contributed by atoms with Crippen LogP contribution in [0.3, 0.4) is 0 Å². The molecular formula is C39H31Cl2F3N8O6. The van der Waals surface area contributed by atoms with Gasteiger partial charge in [0.05, 0.1) is 5.54 Å². The number of amides is 3. The number of hydrogen-bond donors (Lipinski definition) is 5. The van der Waals surface area contributed by atoms with E-state index >= 15 is 0 Å². The largest absolute Gasteiger partial charge is 0.454 e. The summed E-state index contributed by atoms with van der Waals surface area (Å²) in [5, 5.41) is 12.5. The predicted molar refractivity (Wildman–Crippen MR) is 207 cm³/mol. The van der Waals surface area contributed by atoms with E-state index in [2.05, 4.69) is 41.5 Å². The number of rotatable bonds is 15. The van der Waals surface area contributed by atoms with Crippen molar-refractivity contribution in [1.29, 1.82) is 0 Å². The molecule has 14 nitrogen and oxygen atoms in total. The van der Waals surface area contributed by atoms with Gasteiger partial charge in [-0.1, -0.05) is 66.2 Å². The highest BCUT2D eigenvalue weighted by Crippen LogP contribution is 2.48. The molecule has 1 aromatic heterocycles. The first-order chi connectivity index (χ1) is 27.7. The Morgan fingerprint density at radius 3 is 2.09 bits per heavy atom. The second-order valence-electron chi connectivity index (χ2n) is 12.9. The minimum Gasteiger partial charge on any atom is -0.454 e. The Hall–Kier alpha value is -6.59. The number of hydrogen-bond acceptors (Lipinski definition) is 11. The lowest BCUT2D eigenvalue weighted by Crippen LogP contribution is -2.49. The predicted octanol–water partition coefficient (Wildman–Crippen LogP) is 6.16. The van der Waals surface area contributed by atoms with E-state index in [0.29, 0.717) is 29.1 Å². The van der Waals surface area contributed by atoms with Gasteiger partial charge in [-0.3, -0.25) is 24.0 Å². The number of alkyl halides is 3. The number of benzene rings is 4. The average molecular weight is 836 g/mol. The second-order valence-corrected chi connectivity index (χ2v) is 13.7. The van der Waals surface area contributed by atoms with Crippen molar-refractivity contribution in [2.45, 2.75) is 30.6 Å². The fourth-order valence-corrected chi connectivity index (χ4v) is 5.75. The van der Waals surface area contributed by atoms with Crippen LogP contribution in [0.5, 0.6) is 6.01 Å². The van der Waals surface area contributed by atoms with Gasteiger partial charge in [-0.15, -0.1) is 0 Å². The first-order valence-electron chi connectivity index (χ1n) is 17.3. The zero-order chi connectivity index (χ0) is 41.5. The summed E-state index contributed by atoms with van der Waals surface area (Å²) in [7, 11) is 0. The highest BCUT2D eigenvalue weighted by atomic mass is 35.5. The van der Waals surface area contributed by atoms with E-state index in [-0.39, 0.29) is 34.5 Å². The number of carbonyl (C=O) groups excluding carboxylic acids is 5. The van der Waals surface area contributed by atoms with Crippen molar-refractivity contribution in [2.75, 3.05) is 29.1 Å². The monoisotopic (exact) mass is 834 g/mol. The molecule has 1 heterocycles. The van der Waals surface area contributed by atoms with Gasteiger partial charge >= 0.3 is 24.0 Å². The standard InChI is InChI=1S/C39H31Cl2F3N8O6/c40-26-13-11-25(12-14-26)38(17-18-38)52-36-49-35(50-37(51-36)58-21-39(42,43)44)47-27-15-9-23(10-16-27)32(55)48-29(31(41)54)20-45-33(56)34(57)46-28-8-4-7-24(19-28)30(53)22-5-2-1-3-6-22/h1-16,19,29H,17-18,20-21H2,(H,45,56)(H,46,57)(H,48,55)(H2,47,49,50,51,52)/t29-/m0/s1. The van der Waals surface area contributed by atoms with Crippen LogP contribution in [0.1, 0.15) is 44.7 Å². The van der Waals surface area contributed by atoms with Crippen molar-refractivity contribution < 1.29 is 41.9 Å². The summed E-state index contributed by atoms with van der Waals surface area (Å²) < 4.78 is 43.7. The molecule has 1 aliphatic carbocycles. The van der Waals surface area contributed by atoms with Crippen molar-refractivity contribution in [3.05, 3.63) is 130 Å². The Kier molecular flexibility index (Phi) is 12.5. The molecule has 4 aromatic carbocycles. The SMILES string of the molecule is O=C(NC[C@H](NC(=O)c1ccc(Nc2nc(NC3(c4ccc(Cl)cc4)CC3)nc(OCC(F)(F)F)n2)cc1)C(=O)Cl)C(=O)Nc1cccc(C(=O)c2ccccc2)c1. The number of ketones is 1. The van der Waals surface area contributed by atoms with Gasteiger partial charge in [0.2, 0.25) is 17.1 Å². The van der Waals surface area contributed by atoms with Crippen LogP contribution in [0.25, 0.3) is 0 Å². The van der Waals surface area contributed by atoms with Gasteiger partial charge in [0.15, 0.2) is 12.4 Å². The van der Waals surface area contributed by atoms with Crippen LogP contribution in [0.15, 0.2) is 103 Å². The molecule has 0 aliphatic heterocycles. The molecule has 0 unspecified atom stereocenters. The minimum absolute atomic E-state index is 0.0494. The topological polar surface area (TPSA) is 193 Å². The Morgan fingerprint density at radius 1 is 0.759 bits per heavy atom. The quantitative estimate of drug-likeness (QED) is 0.0461. The van der Waals surface area contributed by atoms with E-state index in [9.17, 15) is 37.1 Å². The summed E-state index contributed by atoms with van der Waals surface area (Å²) in [4.78, 5) is 75.4. The third-order valence-corrected chi connectivity index (χ3v) is 9.07. The molecule has 0 spiro atoms. The first kappa shape index (κ1) is 41.1. The van der Waals surface area contributed by atoms with Gasteiger partial charge in [-0.2, -0.15) is 28.1 Å². The summed E-state index contributed by atoms with van der Waals surface area (Å²) in [5.41, 5.74) is 1.54. The van der Waals surface area contributed by atoms with Crippen LogP contribution in [0.2, 0.25) is 5.02 Å². The molecule has 0 radical (unpaired) electrons. The van der Waals surface area contributed by atoms with E-state index in [0.717, 1.165) is 5.56 Å². The fraction of sp³-hybridized carbons (Fsp3) is 0.179. The Bertz CT molecular complexity index is 2330. The molecule has 0 saturated heterocycles. The van der Waals surface area contributed by atoms with Crippen molar-refractivity contribution in [3.63, 3.8) is 0 Å². The van der Waals surface area contributed by atoms with Crippen LogP contribution in [0.4, 0.5) is 36.4 Å². The number of nitrogens with zero attached hydrogens (tertiary/aromatic N) is 3. The molecule has 1 saturated carbocycles. The molecule has 5 aromatic rings. The van der Waals surface area contributed by atoms with E-state index in [1.807, 2.05) is 12.1 Å². The summed E-state index contributed by atoms with van der Waals surface area (Å²) in [5.74, 6) is -3.53. The number of anilines is 4. The second kappa shape index (κ2) is 17.7. The maximum absolute atomic E-state index is 13.0. The Balaban J connectivity index is 1.06. The number of aromatic nitrogens is 3. The number of carbonyl (C=O) groups is 5. The van der Waals surface area contributed by atoms with Crippen LogP contribution < -0.4 is 31.3 Å². The lowest BCUT2D eigenvalue weighted by molar-refractivity contribution is -0.154. The van der Waals surface area contributed by atoms with E-state index in [4.69, 9.17) is 27.9 Å². The van der Waals surface area contributed by atoms with Crippen molar-refractivity contribution >= 4 is 75.2 Å². The maximum atomic E-state index is 13.0. The van der Waals surface area contributed by atoms with Crippen LogP contribution in [-0.2, 0) is 19.9 Å².